The minimum Gasteiger partial charge on any atom is -0.309 e. The van der Waals surface area contributed by atoms with E-state index < -0.39 is 10.0 Å². The molecule has 0 aliphatic carbocycles. The van der Waals surface area contributed by atoms with Gasteiger partial charge in [0.05, 0.1) is 11.8 Å². The Morgan fingerprint density at radius 1 is 1.58 bits per heavy atom. The second kappa shape index (κ2) is 5.30. The maximum Gasteiger partial charge on any atom is 0.222 e. The minimum atomic E-state index is -3.13. The first-order chi connectivity index (χ1) is 8.92. The van der Waals surface area contributed by atoms with Gasteiger partial charge in [-0.1, -0.05) is 0 Å². The van der Waals surface area contributed by atoms with Crippen LogP contribution in [0.1, 0.15) is 26.3 Å². The van der Waals surface area contributed by atoms with E-state index in [2.05, 4.69) is 10.4 Å². The molecule has 106 valence electrons. The van der Waals surface area contributed by atoms with Crippen LogP contribution in [0.4, 0.5) is 5.82 Å². The topological polar surface area (TPSA) is 84.3 Å². The maximum absolute atomic E-state index is 11.8. The molecule has 1 aliphatic heterocycles. The largest absolute Gasteiger partial charge is 0.309 e. The third-order valence-electron chi connectivity index (χ3n) is 3.17. The molecule has 1 amide bonds. The molecule has 1 aromatic heterocycles. The molecule has 1 saturated heterocycles. The van der Waals surface area contributed by atoms with Crippen molar-refractivity contribution in [3.63, 3.8) is 0 Å². The number of sulfonamides is 1. The van der Waals surface area contributed by atoms with Gasteiger partial charge in [0.25, 0.3) is 0 Å². The second-order valence-electron chi connectivity index (χ2n) is 4.56. The Kier molecular flexibility index (Phi) is 3.91. The van der Waals surface area contributed by atoms with Gasteiger partial charge in [-0.25, -0.2) is 8.42 Å². The number of nitrogens with one attached hydrogen (secondary N) is 1. The number of aromatic nitrogens is 2. The Labute approximate surface area is 112 Å². The normalized spacial score (nSPS) is 20.6. The lowest BCUT2D eigenvalue weighted by Crippen LogP contribution is -2.30. The fraction of sp³-hybridized carbons (Fsp3) is 0.636. The van der Waals surface area contributed by atoms with Gasteiger partial charge in [0.15, 0.2) is 5.82 Å². The molecule has 2 rings (SSSR count). The Balaban J connectivity index is 2.05. The van der Waals surface area contributed by atoms with Crippen LogP contribution in [0.2, 0.25) is 0 Å². The van der Waals surface area contributed by atoms with Crippen LogP contribution in [0.5, 0.6) is 0 Å². The van der Waals surface area contributed by atoms with E-state index in [4.69, 9.17) is 0 Å². The van der Waals surface area contributed by atoms with Gasteiger partial charge in [0.2, 0.25) is 15.9 Å². The van der Waals surface area contributed by atoms with Gasteiger partial charge >= 0.3 is 0 Å². The summed E-state index contributed by atoms with van der Waals surface area (Å²) in [5.74, 6) is 0.437. The first-order valence-corrected chi connectivity index (χ1v) is 7.84. The summed E-state index contributed by atoms with van der Waals surface area (Å²) in [7, 11) is -3.13. The second-order valence-corrected chi connectivity index (χ2v) is 6.82. The van der Waals surface area contributed by atoms with Crippen molar-refractivity contribution in [1.82, 2.24) is 14.1 Å². The molecular weight excluding hydrogens is 268 g/mol. The average Bonchev–Trinajstić information content (AvgIpc) is 2.96. The molecule has 0 spiro atoms. The molecule has 1 aromatic rings. The summed E-state index contributed by atoms with van der Waals surface area (Å²) in [6.07, 6.45) is 2.50. The van der Waals surface area contributed by atoms with Crippen LogP contribution in [0, 0.1) is 0 Å². The van der Waals surface area contributed by atoms with Gasteiger partial charge in [-0.3, -0.25) is 9.48 Å². The lowest BCUT2D eigenvalue weighted by atomic mass is 10.3. The fourth-order valence-electron chi connectivity index (χ4n) is 2.15. The van der Waals surface area contributed by atoms with E-state index in [1.807, 2.05) is 0 Å². The van der Waals surface area contributed by atoms with Crippen LogP contribution in [0.25, 0.3) is 0 Å². The quantitative estimate of drug-likeness (QED) is 0.870. The molecule has 0 aromatic carbocycles. The Morgan fingerprint density at radius 2 is 2.32 bits per heavy atom. The van der Waals surface area contributed by atoms with Crippen LogP contribution < -0.4 is 5.32 Å². The highest BCUT2D eigenvalue weighted by atomic mass is 32.2. The van der Waals surface area contributed by atoms with Gasteiger partial charge in [-0.2, -0.15) is 9.40 Å². The molecule has 0 saturated carbocycles. The highest BCUT2D eigenvalue weighted by Gasteiger charge is 2.31. The predicted octanol–water partition coefficient (Wildman–Crippen LogP) is 0.438. The molecule has 19 heavy (non-hydrogen) atoms. The van der Waals surface area contributed by atoms with Gasteiger partial charge in [-0.05, 0) is 13.3 Å². The summed E-state index contributed by atoms with van der Waals surface area (Å²) in [5.41, 5.74) is 0. The molecule has 0 bridgehead atoms. The number of carbonyl (C=O) groups is 1. The number of amides is 1. The van der Waals surface area contributed by atoms with Crippen molar-refractivity contribution in [3.8, 4) is 0 Å². The zero-order chi connectivity index (χ0) is 14.0. The summed E-state index contributed by atoms with van der Waals surface area (Å²) >= 11 is 0. The zero-order valence-electron chi connectivity index (χ0n) is 11.0. The number of nitrogens with zero attached hydrogens (tertiary/aromatic N) is 3. The number of rotatable bonds is 4. The van der Waals surface area contributed by atoms with Gasteiger partial charge < -0.3 is 5.32 Å². The number of carbonyl (C=O) groups excluding carboxylic acids is 1. The smallest absolute Gasteiger partial charge is 0.222 e. The van der Waals surface area contributed by atoms with Crippen molar-refractivity contribution in [1.29, 1.82) is 0 Å². The van der Waals surface area contributed by atoms with Crippen LogP contribution in [0.15, 0.2) is 12.3 Å². The molecule has 1 N–H and O–H groups in total. The molecule has 1 fully saturated rings. The summed E-state index contributed by atoms with van der Waals surface area (Å²) in [6, 6.07) is 1.74. The van der Waals surface area contributed by atoms with Gasteiger partial charge in [0, 0.05) is 32.3 Å². The molecule has 1 aliphatic rings. The monoisotopic (exact) mass is 286 g/mol. The molecule has 1 atom stereocenters. The molecule has 7 nitrogen and oxygen atoms in total. The van der Waals surface area contributed by atoms with Crippen molar-refractivity contribution in [2.45, 2.75) is 26.3 Å². The van der Waals surface area contributed by atoms with Crippen molar-refractivity contribution < 1.29 is 13.2 Å². The number of anilines is 1. The molecule has 0 radical (unpaired) electrons. The Bertz CT molecular complexity index is 566. The van der Waals surface area contributed by atoms with Crippen molar-refractivity contribution in [3.05, 3.63) is 12.3 Å². The Morgan fingerprint density at radius 3 is 2.95 bits per heavy atom. The van der Waals surface area contributed by atoms with Gasteiger partial charge in [0.1, 0.15) is 0 Å². The third-order valence-corrected chi connectivity index (χ3v) is 5.02. The van der Waals surface area contributed by atoms with Crippen LogP contribution in [-0.4, -0.2) is 47.3 Å². The first-order valence-electron chi connectivity index (χ1n) is 6.23. The van der Waals surface area contributed by atoms with E-state index in [1.54, 1.807) is 23.9 Å². The Hall–Kier alpha value is -1.41. The van der Waals surface area contributed by atoms with E-state index in [9.17, 15) is 13.2 Å². The van der Waals surface area contributed by atoms with E-state index in [-0.39, 0.29) is 17.7 Å². The van der Waals surface area contributed by atoms with E-state index >= 15 is 0 Å². The zero-order valence-corrected chi connectivity index (χ0v) is 11.9. The van der Waals surface area contributed by atoms with Crippen molar-refractivity contribution in [2.24, 2.45) is 0 Å². The van der Waals surface area contributed by atoms with E-state index in [0.717, 1.165) is 6.42 Å². The SMILES string of the molecule is CCS(=O)(=O)N1CCC(n2ccc(NC(C)=O)n2)C1. The van der Waals surface area contributed by atoms with E-state index in [1.165, 1.54) is 11.2 Å². The fourth-order valence-corrected chi connectivity index (χ4v) is 3.30. The highest BCUT2D eigenvalue weighted by Crippen LogP contribution is 2.24. The minimum absolute atomic E-state index is 0.0313. The van der Waals surface area contributed by atoms with Crippen molar-refractivity contribution in [2.75, 3.05) is 24.2 Å². The number of hydrogen-bond acceptors (Lipinski definition) is 4. The van der Waals surface area contributed by atoms with Crippen LogP contribution in [0.3, 0.4) is 0 Å². The molecule has 8 heteroatoms. The van der Waals surface area contributed by atoms with Crippen LogP contribution >= 0.6 is 0 Å². The molecular formula is C11H18N4O3S. The highest BCUT2D eigenvalue weighted by molar-refractivity contribution is 7.89. The summed E-state index contributed by atoms with van der Waals surface area (Å²) in [6.45, 7) is 4.03. The lowest BCUT2D eigenvalue weighted by Gasteiger charge is -2.15. The van der Waals surface area contributed by atoms with Gasteiger partial charge in [-0.15, -0.1) is 0 Å². The average molecular weight is 286 g/mol. The summed E-state index contributed by atoms with van der Waals surface area (Å²) in [4.78, 5) is 10.9. The first kappa shape index (κ1) is 14.0. The van der Waals surface area contributed by atoms with Crippen LogP contribution in [-0.2, 0) is 14.8 Å². The third kappa shape index (κ3) is 3.13. The van der Waals surface area contributed by atoms with Crippen molar-refractivity contribution >= 4 is 21.7 Å². The molecule has 2 heterocycles. The summed E-state index contributed by atoms with van der Waals surface area (Å²) < 4.78 is 26.8. The predicted molar refractivity (Wildman–Crippen MR) is 71.2 cm³/mol. The van der Waals surface area contributed by atoms with E-state index in [0.29, 0.717) is 18.9 Å². The standard InChI is InChI=1S/C11H18N4O3S/c1-3-19(17,18)14-6-4-10(8-14)15-7-5-11(13-15)12-9(2)16/h5,7,10H,3-4,6,8H2,1-2H3,(H,12,13,16). The maximum atomic E-state index is 11.8. The number of hydrogen-bond donors (Lipinski definition) is 1. The summed E-state index contributed by atoms with van der Waals surface area (Å²) in [5, 5.41) is 6.84. The lowest BCUT2D eigenvalue weighted by molar-refractivity contribution is -0.114. The molecule has 1 unspecified atom stereocenters.